The fraction of sp³-hybridized carbons (Fsp3) is 0.771. The highest BCUT2D eigenvalue weighted by Gasteiger charge is 2.70. The summed E-state index contributed by atoms with van der Waals surface area (Å²) in [5.74, 6) is 3.06. The molecule has 11 nitrogen and oxygen atoms in total. The molecular weight excluding hydrogens is 588 g/mol. The quantitative estimate of drug-likeness (QED) is 0.197. The highest BCUT2D eigenvalue weighted by Crippen LogP contribution is 2.72. The third-order valence-corrected chi connectivity index (χ3v) is 14.2. The molecule has 6 fully saturated rings. The molecule has 11 atom stereocenters. The van der Waals surface area contributed by atoms with E-state index in [0.29, 0.717) is 41.4 Å². The molecule has 6 aliphatic rings. The number of fused-ring (bicyclic) bond motifs is 7. The predicted molar refractivity (Wildman–Crippen MR) is 172 cm³/mol. The minimum Gasteiger partial charge on any atom is -0.463 e. The van der Waals surface area contributed by atoms with Crippen molar-refractivity contribution in [2.45, 2.75) is 110 Å². The zero-order valence-corrected chi connectivity index (χ0v) is 27.5. The molecule has 5 unspecified atom stereocenters. The van der Waals surface area contributed by atoms with Crippen LogP contribution in [-0.4, -0.2) is 39.8 Å². The van der Waals surface area contributed by atoms with Crippen LogP contribution in [-0.2, 0) is 14.3 Å². The minimum atomic E-state index is -0.616. The van der Waals surface area contributed by atoms with Gasteiger partial charge in [-0.05, 0) is 124 Å². The van der Waals surface area contributed by atoms with Crippen LogP contribution < -0.4 is 5.43 Å². The van der Waals surface area contributed by atoms with Crippen molar-refractivity contribution in [1.29, 1.82) is 0 Å². The molecule has 0 amide bonds. The maximum absolute atomic E-state index is 12.0. The number of benzene rings is 1. The van der Waals surface area contributed by atoms with Crippen LogP contribution in [0.5, 0.6) is 0 Å². The van der Waals surface area contributed by atoms with Crippen molar-refractivity contribution in [1.82, 2.24) is 0 Å². The third kappa shape index (κ3) is 4.77. The highest BCUT2D eigenvalue weighted by molar-refractivity contribution is 5.93. The van der Waals surface area contributed by atoms with Crippen LogP contribution in [0.25, 0.3) is 0 Å². The van der Waals surface area contributed by atoms with Crippen molar-refractivity contribution in [3.05, 3.63) is 38.4 Å². The molecule has 5 saturated carbocycles. The van der Waals surface area contributed by atoms with Crippen LogP contribution in [0.4, 0.5) is 17.1 Å². The van der Waals surface area contributed by atoms with Crippen LogP contribution in [0.1, 0.15) is 98.3 Å². The SMILES string of the molecule is CC(=O)OC1CC[C@@]2(C)[C@@H](CC[C@@H]3[C@@H]2C/C(=N\Nc2ccc([N+](=O)[O-])cc2[N+](=O)[O-])[C@]2(C)C4C(C[C@@H]32)CC2(CCCCO2)C4C)C1. The van der Waals surface area contributed by atoms with E-state index in [9.17, 15) is 25.0 Å². The van der Waals surface area contributed by atoms with Crippen LogP contribution in [0.3, 0.4) is 0 Å². The number of hydrazone groups is 1. The van der Waals surface area contributed by atoms with Crippen molar-refractivity contribution in [2.24, 2.45) is 57.4 Å². The number of carbonyl (C=O) groups is 1. The number of hydrogen-bond donors (Lipinski definition) is 1. The lowest BCUT2D eigenvalue weighted by Crippen LogP contribution is -2.58. The van der Waals surface area contributed by atoms with Gasteiger partial charge in [-0.15, -0.1) is 0 Å². The summed E-state index contributed by atoms with van der Waals surface area (Å²) < 4.78 is 12.4. The Morgan fingerprint density at radius 1 is 1.07 bits per heavy atom. The van der Waals surface area contributed by atoms with E-state index in [2.05, 4.69) is 26.2 Å². The summed E-state index contributed by atoms with van der Waals surface area (Å²) in [7, 11) is 0. The van der Waals surface area contributed by atoms with Crippen LogP contribution in [0.2, 0.25) is 0 Å². The van der Waals surface area contributed by atoms with E-state index in [0.717, 1.165) is 76.2 Å². The van der Waals surface area contributed by atoms with Crippen LogP contribution in [0, 0.1) is 72.5 Å². The molecule has 1 heterocycles. The Labute approximate surface area is 270 Å². The number of nitro groups is 2. The van der Waals surface area contributed by atoms with E-state index < -0.39 is 9.85 Å². The molecule has 7 rings (SSSR count). The monoisotopic (exact) mass is 636 g/mol. The number of nitrogens with one attached hydrogen (secondary N) is 1. The van der Waals surface area contributed by atoms with Gasteiger partial charge in [-0.2, -0.15) is 5.10 Å². The van der Waals surface area contributed by atoms with Gasteiger partial charge < -0.3 is 9.47 Å². The number of ether oxygens (including phenoxy) is 2. The number of anilines is 1. The highest BCUT2D eigenvalue weighted by atomic mass is 16.6. The van der Waals surface area contributed by atoms with E-state index in [1.165, 1.54) is 31.9 Å². The summed E-state index contributed by atoms with van der Waals surface area (Å²) in [4.78, 5) is 34.0. The van der Waals surface area contributed by atoms with Gasteiger partial charge in [0.2, 0.25) is 0 Å². The van der Waals surface area contributed by atoms with Gasteiger partial charge in [-0.3, -0.25) is 30.4 Å². The number of hydrogen-bond acceptors (Lipinski definition) is 9. The molecule has 0 radical (unpaired) electrons. The first-order chi connectivity index (χ1) is 21.9. The van der Waals surface area contributed by atoms with Gasteiger partial charge in [0, 0.05) is 30.7 Å². The van der Waals surface area contributed by atoms with Gasteiger partial charge in [0.25, 0.3) is 5.69 Å². The fourth-order valence-electron chi connectivity index (χ4n) is 12.2. The summed E-state index contributed by atoms with van der Waals surface area (Å²) in [5, 5.41) is 28.5. The first kappa shape index (κ1) is 31.5. The molecule has 46 heavy (non-hydrogen) atoms. The fourth-order valence-corrected chi connectivity index (χ4v) is 12.2. The zero-order chi connectivity index (χ0) is 32.6. The van der Waals surface area contributed by atoms with Crippen molar-refractivity contribution in [3.63, 3.8) is 0 Å². The molecule has 250 valence electrons. The first-order valence-electron chi connectivity index (χ1n) is 17.4. The maximum atomic E-state index is 12.0. The van der Waals surface area contributed by atoms with Gasteiger partial charge >= 0.3 is 11.7 Å². The average molecular weight is 637 g/mol. The standard InChI is InChI=1S/C35H48N4O7/c1-20-32-22(19-35(20)12-5-6-14-45-35)15-28-26-9-7-23-16-25(46-21(2)40)11-13-33(23,3)27(26)18-31(34(28,32)4)37-36-29-10-8-24(38(41)42)17-30(29)39(43)44/h8,10,17,20,22-23,25-28,32,36H,5-7,9,11-16,18-19H2,1-4H3/b37-31+/t20?,22?,23-,25?,26+,27-,28-,32?,33-,34+,35?/m0/s1. The molecule has 1 N–H and O–H groups in total. The van der Waals surface area contributed by atoms with Crippen molar-refractivity contribution < 1.29 is 24.1 Å². The Bertz CT molecular complexity index is 1460. The lowest BCUT2D eigenvalue weighted by Gasteiger charge is -2.61. The molecule has 5 aliphatic carbocycles. The van der Waals surface area contributed by atoms with Crippen molar-refractivity contribution in [3.8, 4) is 0 Å². The van der Waals surface area contributed by atoms with E-state index in [1.54, 1.807) is 0 Å². The summed E-state index contributed by atoms with van der Waals surface area (Å²) >= 11 is 0. The van der Waals surface area contributed by atoms with E-state index in [4.69, 9.17) is 14.6 Å². The van der Waals surface area contributed by atoms with Crippen molar-refractivity contribution in [2.75, 3.05) is 12.0 Å². The van der Waals surface area contributed by atoms with E-state index in [1.807, 2.05) is 0 Å². The second-order valence-corrected chi connectivity index (χ2v) is 15.9. The van der Waals surface area contributed by atoms with E-state index in [-0.39, 0.29) is 45.6 Å². The van der Waals surface area contributed by atoms with Crippen LogP contribution in [0.15, 0.2) is 23.3 Å². The first-order valence-corrected chi connectivity index (χ1v) is 17.4. The van der Waals surface area contributed by atoms with Crippen LogP contribution >= 0.6 is 0 Å². The normalized spacial score (nSPS) is 43.7. The smallest absolute Gasteiger partial charge is 0.302 e. The molecular formula is C35H48N4O7. The summed E-state index contributed by atoms with van der Waals surface area (Å²) in [5.41, 5.74) is 3.49. The molecule has 1 aromatic carbocycles. The molecule has 1 saturated heterocycles. The summed E-state index contributed by atoms with van der Waals surface area (Å²) in [6.07, 6.45) is 11.6. The Balaban J connectivity index is 1.26. The number of nitrogens with zero attached hydrogens (tertiary/aromatic N) is 3. The van der Waals surface area contributed by atoms with Gasteiger partial charge in [0.1, 0.15) is 11.8 Å². The average Bonchev–Trinajstić information content (AvgIpc) is 3.45. The zero-order valence-electron chi connectivity index (χ0n) is 27.5. The van der Waals surface area contributed by atoms with Crippen molar-refractivity contribution >= 4 is 28.7 Å². The molecule has 0 bridgehead atoms. The third-order valence-electron chi connectivity index (χ3n) is 14.2. The number of nitro benzene ring substituents is 2. The molecule has 11 heteroatoms. The number of non-ortho nitro benzene ring substituents is 1. The van der Waals surface area contributed by atoms with Gasteiger partial charge in [0.05, 0.1) is 21.5 Å². The lowest BCUT2D eigenvalue weighted by atomic mass is 9.44. The summed E-state index contributed by atoms with van der Waals surface area (Å²) in [6.45, 7) is 9.61. The second kappa shape index (κ2) is 11.3. The van der Waals surface area contributed by atoms with Gasteiger partial charge in [-0.1, -0.05) is 20.8 Å². The Hall–Kier alpha value is -3.08. The topological polar surface area (TPSA) is 146 Å². The molecule has 0 aromatic heterocycles. The predicted octanol–water partition coefficient (Wildman–Crippen LogP) is 7.68. The molecule has 1 aromatic rings. The number of carbonyl (C=O) groups excluding carboxylic acids is 1. The van der Waals surface area contributed by atoms with Gasteiger partial charge in [0.15, 0.2) is 0 Å². The Morgan fingerprint density at radius 3 is 2.57 bits per heavy atom. The number of rotatable bonds is 5. The lowest BCUT2D eigenvalue weighted by molar-refractivity contribution is -0.393. The van der Waals surface area contributed by atoms with E-state index >= 15 is 0 Å². The molecule has 1 aliphatic heterocycles. The van der Waals surface area contributed by atoms with Gasteiger partial charge in [-0.25, -0.2) is 0 Å². The molecule has 1 spiro atoms. The number of esters is 1. The Morgan fingerprint density at radius 2 is 1.87 bits per heavy atom. The Kier molecular flexibility index (Phi) is 7.72. The largest absolute Gasteiger partial charge is 0.463 e. The minimum absolute atomic E-state index is 0.0168. The summed E-state index contributed by atoms with van der Waals surface area (Å²) in [6, 6.07) is 3.70. The maximum Gasteiger partial charge on any atom is 0.302 e. The second-order valence-electron chi connectivity index (χ2n) is 15.9.